The summed E-state index contributed by atoms with van der Waals surface area (Å²) in [5.74, 6) is -0.293. The van der Waals surface area contributed by atoms with E-state index < -0.39 is 5.60 Å². The molecule has 0 bridgehead atoms. The van der Waals surface area contributed by atoms with Crippen LogP contribution in [0.2, 0.25) is 0 Å². The van der Waals surface area contributed by atoms with Gasteiger partial charge in [0.2, 0.25) is 0 Å². The van der Waals surface area contributed by atoms with E-state index in [9.17, 15) is 4.79 Å². The standard InChI is InChI=1S/C23H22O2/c1-16(2)22(24)25-23(13-7-8-14-23)21-19-11-5-3-9-17(19)15-18-10-4-6-12-20(18)21/h3-6,9-12,15H,1,7-8,13-14H2,2H3. The van der Waals surface area contributed by atoms with Gasteiger partial charge in [0, 0.05) is 11.1 Å². The molecule has 0 aromatic heterocycles. The highest BCUT2D eigenvalue weighted by Crippen LogP contribution is 2.48. The van der Waals surface area contributed by atoms with Crippen LogP contribution in [-0.4, -0.2) is 5.97 Å². The summed E-state index contributed by atoms with van der Waals surface area (Å²) in [6.07, 6.45) is 3.87. The molecule has 0 heterocycles. The van der Waals surface area contributed by atoms with Crippen LogP contribution in [0.5, 0.6) is 0 Å². The molecule has 0 N–H and O–H groups in total. The van der Waals surface area contributed by atoms with E-state index >= 15 is 0 Å². The van der Waals surface area contributed by atoms with E-state index in [1.165, 1.54) is 21.5 Å². The monoisotopic (exact) mass is 330 g/mol. The third-order valence-electron chi connectivity index (χ3n) is 5.27. The van der Waals surface area contributed by atoms with Gasteiger partial charge in [-0.15, -0.1) is 0 Å². The van der Waals surface area contributed by atoms with Crippen molar-refractivity contribution >= 4 is 27.5 Å². The molecule has 0 atom stereocenters. The van der Waals surface area contributed by atoms with Gasteiger partial charge in [-0.25, -0.2) is 4.79 Å². The lowest BCUT2D eigenvalue weighted by atomic mass is 9.83. The first-order chi connectivity index (χ1) is 12.1. The van der Waals surface area contributed by atoms with E-state index in [0.717, 1.165) is 31.2 Å². The minimum Gasteiger partial charge on any atom is -0.451 e. The Morgan fingerprint density at radius 3 is 2.00 bits per heavy atom. The Morgan fingerprint density at radius 1 is 0.960 bits per heavy atom. The first-order valence-corrected chi connectivity index (χ1v) is 8.91. The Morgan fingerprint density at radius 2 is 1.48 bits per heavy atom. The first-order valence-electron chi connectivity index (χ1n) is 8.91. The number of hydrogen-bond acceptors (Lipinski definition) is 2. The highest BCUT2D eigenvalue weighted by molar-refractivity contribution is 6.03. The van der Waals surface area contributed by atoms with Crippen LogP contribution in [0.15, 0.2) is 66.7 Å². The molecule has 2 heteroatoms. The summed E-state index contributed by atoms with van der Waals surface area (Å²) in [7, 11) is 0. The second-order valence-electron chi connectivity index (χ2n) is 7.07. The Kier molecular flexibility index (Phi) is 3.84. The molecule has 1 saturated carbocycles. The Bertz CT molecular complexity index is 924. The van der Waals surface area contributed by atoms with Crippen molar-refractivity contribution in [3.63, 3.8) is 0 Å². The summed E-state index contributed by atoms with van der Waals surface area (Å²) in [5, 5.41) is 4.73. The molecule has 25 heavy (non-hydrogen) atoms. The molecule has 0 aliphatic heterocycles. The Labute approximate surface area is 148 Å². The molecule has 0 unspecified atom stereocenters. The lowest BCUT2D eigenvalue weighted by molar-refractivity contribution is -0.155. The van der Waals surface area contributed by atoms with E-state index in [1.54, 1.807) is 6.92 Å². The van der Waals surface area contributed by atoms with Gasteiger partial charge >= 0.3 is 5.97 Å². The summed E-state index contributed by atoms with van der Waals surface area (Å²) in [6, 6.07) is 19.0. The van der Waals surface area contributed by atoms with Crippen molar-refractivity contribution in [1.82, 2.24) is 0 Å². The van der Waals surface area contributed by atoms with E-state index in [4.69, 9.17) is 4.74 Å². The fourth-order valence-electron chi connectivity index (χ4n) is 4.12. The maximum Gasteiger partial charge on any atom is 0.333 e. The van der Waals surface area contributed by atoms with Gasteiger partial charge in [-0.2, -0.15) is 0 Å². The van der Waals surface area contributed by atoms with Crippen molar-refractivity contribution < 1.29 is 9.53 Å². The number of fused-ring (bicyclic) bond motifs is 2. The third kappa shape index (κ3) is 2.62. The highest BCUT2D eigenvalue weighted by atomic mass is 16.6. The Balaban J connectivity index is 2.04. The van der Waals surface area contributed by atoms with Gasteiger partial charge in [-0.3, -0.25) is 0 Å². The average molecular weight is 330 g/mol. The van der Waals surface area contributed by atoms with E-state index in [0.29, 0.717) is 5.57 Å². The SMILES string of the molecule is C=C(C)C(=O)OC1(c2c3ccccc3cc3ccccc23)CCCC1. The Hall–Kier alpha value is -2.61. The zero-order chi connectivity index (χ0) is 17.4. The molecular weight excluding hydrogens is 308 g/mol. The normalized spacial score (nSPS) is 16.2. The molecular formula is C23H22O2. The molecule has 3 aromatic carbocycles. The fourth-order valence-corrected chi connectivity index (χ4v) is 4.12. The summed E-state index contributed by atoms with van der Waals surface area (Å²) in [4.78, 5) is 12.4. The van der Waals surface area contributed by atoms with Gasteiger partial charge in [0.15, 0.2) is 0 Å². The van der Waals surface area contributed by atoms with Crippen molar-refractivity contribution in [3.8, 4) is 0 Å². The van der Waals surface area contributed by atoms with Crippen LogP contribution in [0, 0.1) is 0 Å². The van der Waals surface area contributed by atoms with Gasteiger partial charge in [0.25, 0.3) is 0 Å². The average Bonchev–Trinajstić information content (AvgIpc) is 3.08. The van der Waals surface area contributed by atoms with Crippen molar-refractivity contribution in [2.45, 2.75) is 38.2 Å². The van der Waals surface area contributed by atoms with Crippen molar-refractivity contribution in [1.29, 1.82) is 0 Å². The number of ether oxygens (including phenoxy) is 1. The van der Waals surface area contributed by atoms with E-state index in [-0.39, 0.29) is 5.97 Å². The summed E-state index contributed by atoms with van der Waals surface area (Å²) in [6.45, 7) is 5.49. The molecule has 1 fully saturated rings. The summed E-state index contributed by atoms with van der Waals surface area (Å²) >= 11 is 0. The predicted molar refractivity (Wildman–Crippen MR) is 103 cm³/mol. The van der Waals surface area contributed by atoms with Gasteiger partial charge in [0.1, 0.15) is 5.60 Å². The van der Waals surface area contributed by atoms with Crippen molar-refractivity contribution in [3.05, 3.63) is 72.3 Å². The van der Waals surface area contributed by atoms with Crippen LogP contribution in [0.25, 0.3) is 21.5 Å². The number of benzene rings is 3. The quantitative estimate of drug-likeness (QED) is 0.340. The molecule has 3 aromatic rings. The zero-order valence-electron chi connectivity index (χ0n) is 14.5. The molecule has 2 nitrogen and oxygen atoms in total. The largest absolute Gasteiger partial charge is 0.451 e. The smallest absolute Gasteiger partial charge is 0.333 e. The maximum atomic E-state index is 12.4. The van der Waals surface area contributed by atoms with E-state index in [2.05, 4.69) is 61.2 Å². The summed E-state index contributed by atoms with van der Waals surface area (Å²) in [5.41, 5.74) is 1.06. The van der Waals surface area contributed by atoms with Crippen LogP contribution < -0.4 is 0 Å². The molecule has 126 valence electrons. The molecule has 0 amide bonds. The van der Waals surface area contributed by atoms with Gasteiger partial charge in [-0.05, 0) is 60.2 Å². The molecule has 0 saturated heterocycles. The molecule has 1 aliphatic rings. The topological polar surface area (TPSA) is 26.3 Å². The number of hydrogen-bond donors (Lipinski definition) is 0. The highest BCUT2D eigenvalue weighted by Gasteiger charge is 2.41. The van der Waals surface area contributed by atoms with Gasteiger partial charge < -0.3 is 4.74 Å². The van der Waals surface area contributed by atoms with Gasteiger partial charge in [0.05, 0.1) is 0 Å². The number of esters is 1. The van der Waals surface area contributed by atoms with Crippen molar-refractivity contribution in [2.24, 2.45) is 0 Å². The van der Waals surface area contributed by atoms with Crippen LogP contribution in [-0.2, 0) is 15.1 Å². The van der Waals surface area contributed by atoms with Crippen molar-refractivity contribution in [2.75, 3.05) is 0 Å². The molecule has 1 aliphatic carbocycles. The second kappa shape index (κ2) is 6.03. The summed E-state index contributed by atoms with van der Waals surface area (Å²) < 4.78 is 6.12. The fraction of sp³-hybridized carbons (Fsp3) is 0.261. The van der Waals surface area contributed by atoms with Crippen LogP contribution in [0.1, 0.15) is 38.2 Å². The molecule has 0 spiro atoms. The first kappa shape index (κ1) is 15.9. The minimum absolute atomic E-state index is 0.293. The number of carbonyl (C=O) groups is 1. The zero-order valence-corrected chi connectivity index (χ0v) is 14.5. The lowest BCUT2D eigenvalue weighted by Crippen LogP contribution is -2.30. The van der Waals surface area contributed by atoms with Gasteiger partial charge in [-0.1, -0.05) is 55.1 Å². The number of carbonyl (C=O) groups excluding carboxylic acids is 1. The molecule has 4 rings (SSSR count). The number of rotatable bonds is 3. The second-order valence-corrected chi connectivity index (χ2v) is 7.07. The maximum absolute atomic E-state index is 12.4. The molecule has 0 radical (unpaired) electrons. The minimum atomic E-state index is -0.559. The lowest BCUT2D eigenvalue weighted by Gasteiger charge is -2.32. The van der Waals surface area contributed by atoms with Crippen LogP contribution in [0.4, 0.5) is 0 Å². The van der Waals surface area contributed by atoms with Crippen LogP contribution >= 0.6 is 0 Å². The third-order valence-corrected chi connectivity index (χ3v) is 5.27. The predicted octanol–water partition coefficient (Wildman–Crippen LogP) is 5.88. The van der Waals surface area contributed by atoms with Crippen LogP contribution in [0.3, 0.4) is 0 Å². The van der Waals surface area contributed by atoms with E-state index in [1.807, 2.05) is 0 Å².